The Balaban J connectivity index is 2.87. The van der Waals surface area contributed by atoms with E-state index in [2.05, 4.69) is 33.0 Å². The summed E-state index contributed by atoms with van der Waals surface area (Å²) >= 11 is 0. The Morgan fingerprint density at radius 2 is 1.83 bits per heavy atom. The zero-order valence-electron chi connectivity index (χ0n) is 8.69. The monoisotopic (exact) mass is 169 g/mol. The molecule has 70 valence electrons. The lowest BCUT2D eigenvalue weighted by Crippen LogP contribution is -2.62. The van der Waals surface area contributed by atoms with E-state index in [4.69, 9.17) is 0 Å². The van der Waals surface area contributed by atoms with Crippen molar-refractivity contribution in [2.24, 2.45) is 5.92 Å². The summed E-state index contributed by atoms with van der Waals surface area (Å²) in [5.74, 6) is 0.509. The zero-order chi connectivity index (χ0) is 9.57. The molecule has 1 heterocycles. The van der Waals surface area contributed by atoms with Crippen molar-refractivity contribution in [2.45, 2.75) is 52.1 Å². The Bertz CT molecular complexity index is 206. The average Bonchev–Trinajstić information content (AvgIpc) is 1.79. The highest BCUT2D eigenvalue weighted by Gasteiger charge is 2.42. The van der Waals surface area contributed by atoms with Gasteiger partial charge in [-0.2, -0.15) is 0 Å². The second-order valence-electron chi connectivity index (χ2n) is 5.10. The molecule has 0 aromatic heterocycles. The maximum absolute atomic E-state index is 11.6. The number of hydrogen-bond acceptors (Lipinski definition) is 2. The molecule has 2 nitrogen and oxygen atoms in total. The number of nitrogens with one attached hydrogen (secondary N) is 1. The highest BCUT2D eigenvalue weighted by Crippen LogP contribution is 2.30. The van der Waals surface area contributed by atoms with Crippen LogP contribution in [0, 0.1) is 5.92 Å². The van der Waals surface area contributed by atoms with Gasteiger partial charge in [0.2, 0.25) is 0 Å². The molecule has 0 radical (unpaired) electrons. The minimum absolute atomic E-state index is 0.0346. The number of carbonyl (C=O) groups is 1. The molecule has 0 bridgehead atoms. The van der Waals surface area contributed by atoms with Crippen LogP contribution in [0.5, 0.6) is 0 Å². The molecule has 1 rings (SSSR count). The van der Waals surface area contributed by atoms with Gasteiger partial charge in [-0.15, -0.1) is 0 Å². The summed E-state index contributed by atoms with van der Waals surface area (Å²) in [5.41, 5.74) is -0.0913. The van der Waals surface area contributed by atoms with Crippen molar-refractivity contribution < 1.29 is 4.79 Å². The molecule has 0 aromatic rings. The van der Waals surface area contributed by atoms with Gasteiger partial charge in [0, 0.05) is 23.4 Å². The van der Waals surface area contributed by atoms with Gasteiger partial charge in [-0.3, -0.25) is 4.79 Å². The fourth-order valence-corrected chi connectivity index (χ4v) is 2.02. The second kappa shape index (κ2) is 2.56. The normalized spacial score (nSPS) is 33.4. The van der Waals surface area contributed by atoms with Crippen LogP contribution < -0.4 is 5.32 Å². The van der Waals surface area contributed by atoms with Crippen LogP contribution in [0.4, 0.5) is 0 Å². The van der Waals surface area contributed by atoms with Gasteiger partial charge in [-0.1, -0.05) is 6.92 Å². The van der Waals surface area contributed by atoms with E-state index in [1.807, 2.05) is 6.92 Å². The first kappa shape index (κ1) is 9.72. The molecule has 1 aliphatic rings. The van der Waals surface area contributed by atoms with E-state index in [1.54, 1.807) is 0 Å². The average molecular weight is 169 g/mol. The lowest BCUT2D eigenvalue weighted by molar-refractivity contribution is -0.129. The SMILES string of the molecule is CC1C(=O)CC(C)(C)NC1(C)C. The lowest BCUT2D eigenvalue weighted by Gasteiger charge is -2.45. The fourth-order valence-electron chi connectivity index (χ4n) is 2.02. The number of rotatable bonds is 0. The fraction of sp³-hybridized carbons (Fsp3) is 0.900. The smallest absolute Gasteiger partial charge is 0.139 e. The number of hydrogen-bond donors (Lipinski definition) is 1. The van der Waals surface area contributed by atoms with Crippen molar-refractivity contribution in [3.05, 3.63) is 0 Å². The van der Waals surface area contributed by atoms with Crippen LogP contribution in [-0.2, 0) is 4.79 Å². The molecule has 12 heavy (non-hydrogen) atoms. The van der Waals surface area contributed by atoms with Crippen LogP contribution in [-0.4, -0.2) is 16.9 Å². The van der Waals surface area contributed by atoms with Gasteiger partial charge in [0.1, 0.15) is 5.78 Å². The predicted molar refractivity (Wildman–Crippen MR) is 50.1 cm³/mol. The van der Waals surface area contributed by atoms with E-state index in [0.29, 0.717) is 12.2 Å². The van der Waals surface area contributed by atoms with Gasteiger partial charge in [-0.25, -0.2) is 0 Å². The van der Waals surface area contributed by atoms with Crippen molar-refractivity contribution in [1.82, 2.24) is 5.32 Å². The molecule has 0 amide bonds. The minimum Gasteiger partial charge on any atom is -0.306 e. The molecule has 1 saturated heterocycles. The highest BCUT2D eigenvalue weighted by atomic mass is 16.1. The molecule has 1 atom stereocenters. The molecule has 0 aliphatic carbocycles. The summed E-state index contributed by atoms with van der Waals surface area (Å²) in [6.07, 6.45) is 0.650. The largest absolute Gasteiger partial charge is 0.306 e. The molecular formula is C10H19NO. The van der Waals surface area contributed by atoms with Crippen LogP contribution in [0.15, 0.2) is 0 Å². The Morgan fingerprint density at radius 3 is 2.25 bits per heavy atom. The van der Waals surface area contributed by atoms with E-state index in [9.17, 15) is 4.79 Å². The number of Topliss-reactive ketones (excluding diaryl/α,β-unsaturated/α-hetero) is 1. The zero-order valence-corrected chi connectivity index (χ0v) is 8.69. The van der Waals surface area contributed by atoms with Gasteiger partial charge in [-0.05, 0) is 27.7 Å². The molecule has 0 aromatic carbocycles. The summed E-state index contributed by atoms with van der Waals surface area (Å²) in [6.45, 7) is 10.4. The molecule has 1 N–H and O–H groups in total. The van der Waals surface area contributed by atoms with Crippen LogP contribution in [0.2, 0.25) is 0 Å². The van der Waals surface area contributed by atoms with Crippen LogP contribution in [0.3, 0.4) is 0 Å². The maximum Gasteiger partial charge on any atom is 0.139 e. The van der Waals surface area contributed by atoms with Gasteiger partial charge >= 0.3 is 0 Å². The van der Waals surface area contributed by atoms with Crippen LogP contribution in [0.25, 0.3) is 0 Å². The van der Waals surface area contributed by atoms with Crippen molar-refractivity contribution in [3.63, 3.8) is 0 Å². The highest BCUT2D eigenvalue weighted by molar-refractivity contribution is 5.84. The Labute approximate surface area is 74.7 Å². The molecule has 1 fully saturated rings. The summed E-state index contributed by atoms with van der Waals surface area (Å²) in [7, 11) is 0. The van der Waals surface area contributed by atoms with E-state index in [-0.39, 0.29) is 17.0 Å². The maximum atomic E-state index is 11.6. The molecule has 2 heteroatoms. The first-order valence-electron chi connectivity index (χ1n) is 4.57. The van der Waals surface area contributed by atoms with E-state index >= 15 is 0 Å². The van der Waals surface area contributed by atoms with Crippen molar-refractivity contribution >= 4 is 5.78 Å². The predicted octanol–water partition coefficient (Wildman–Crippen LogP) is 1.74. The Morgan fingerprint density at radius 1 is 1.33 bits per heavy atom. The third kappa shape index (κ3) is 1.69. The third-order valence-electron chi connectivity index (χ3n) is 2.84. The molecular weight excluding hydrogens is 150 g/mol. The van der Waals surface area contributed by atoms with E-state index in [0.717, 1.165) is 0 Å². The second-order valence-corrected chi connectivity index (χ2v) is 5.10. The van der Waals surface area contributed by atoms with Crippen molar-refractivity contribution in [1.29, 1.82) is 0 Å². The summed E-state index contributed by atoms with van der Waals surface area (Å²) in [5, 5.41) is 3.49. The third-order valence-corrected chi connectivity index (χ3v) is 2.84. The molecule has 1 aliphatic heterocycles. The topological polar surface area (TPSA) is 29.1 Å². The van der Waals surface area contributed by atoms with Crippen molar-refractivity contribution in [2.75, 3.05) is 0 Å². The number of piperidine rings is 1. The van der Waals surface area contributed by atoms with Gasteiger partial charge in [0.15, 0.2) is 0 Å². The van der Waals surface area contributed by atoms with Gasteiger partial charge in [0.05, 0.1) is 0 Å². The van der Waals surface area contributed by atoms with E-state index in [1.165, 1.54) is 0 Å². The Kier molecular flexibility index (Phi) is 2.07. The first-order chi connectivity index (χ1) is 5.25. The number of ketones is 1. The first-order valence-corrected chi connectivity index (χ1v) is 4.57. The molecule has 0 spiro atoms. The summed E-state index contributed by atoms with van der Waals surface area (Å²) < 4.78 is 0. The minimum atomic E-state index is -0.0567. The Hall–Kier alpha value is -0.370. The van der Waals surface area contributed by atoms with Gasteiger partial charge in [0.25, 0.3) is 0 Å². The quantitative estimate of drug-likeness (QED) is 0.598. The van der Waals surface area contributed by atoms with Crippen molar-refractivity contribution in [3.8, 4) is 0 Å². The van der Waals surface area contributed by atoms with Crippen LogP contribution in [0.1, 0.15) is 41.0 Å². The van der Waals surface area contributed by atoms with Crippen LogP contribution >= 0.6 is 0 Å². The lowest BCUT2D eigenvalue weighted by atomic mass is 9.75. The van der Waals surface area contributed by atoms with E-state index < -0.39 is 0 Å². The summed E-state index contributed by atoms with van der Waals surface area (Å²) in [6, 6.07) is 0. The number of carbonyl (C=O) groups excluding carboxylic acids is 1. The molecule has 1 unspecified atom stereocenters. The standard InChI is InChI=1S/C10H19NO/c1-7-8(12)6-9(2,3)11-10(7,4)5/h7,11H,6H2,1-5H3. The molecule has 0 saturated carbocycles. The summed E-state index contributed by atoms with van der Waals surface area (Å²) in [4.78, 5) is 11.6. The van der Waals surface area contributed by atoms with Gasteiger partial charge < -0.3 is 5.32 Å².